The fraction of sp³-hybridized carbons (Fsp3) is 0.361. The van der Waals surface area contributed by atoms with Crippen LogP contribution in [0.4, 0.5) is 5.69 Å². The van der Waals surface area contributed by atoms with Gasteiger partial charge in [-0.25, -0.2) is 4.98 Å². The summed E-state index contributed by atoms with van der Waals surface area (Å²) in [5, 5.41) is 5.48. The van der Waals surface area contributed by atoms with E-state index in [2.05, 4.69) is 27.5 Å². The van der Waals surface area contributed by atoms with Crippen molar-refractivity contribution in [1.82, 2.24) is 15.6 Å². The Bertz CT molecular complexity index is 1590. The Hall–Kier alpha value is -4.93. The predicted octanol–water partition coefficient (Wildman–Crippen LogP) is 2.53. The van der Waals surface area contributed by atoms with Gasteiger partial charge in [0.05, 0.1) is 65.1 Å². The number of anilines is 1. The monoisotopic (exact) mass is 656 g/mol. The summed E-state index contributed by atoms with van der Waals surface area (Å²) < 4.78 is 21.8. The summed E-state index contributed by atoms with van der Waals surface area (Å²) in [5.74, 6) is 5.74. The third kappa shape index (κ3) is 12.0. The molecule has 0 saturated carbocycles. The molecule has 252 valence electrons. The Morgan fingerprint density at radius 2 is 1.35 bits per heavy atom. The van der Waals surface area contributed by atoms with E-state index in [0.29, 0.717) is 65.6 Å². The highest BCUT2D eigenvalue weighted by Gasteiger charge is 2.21. The van der Waals surface area contributed by atoms with Crippen molar-refractivity contribution < 1.29 is 38.1 Å². The molecular weight excluding hydrogens is 616 g/mol. The topological polar surface area (TPSA) is 145 Å². The fourth-order valence-electron chi connectivity index (χ4n) is 4.64. The lowest BCUT2D eigenvalue weighted by molar-refractivity contribution is -0.122. The van der Waals surface area contributed by atoms with E-state index in [1.807, 2.05) is 48.5 Å². The second-order valence-electron chi connectivity index (χ2n) is 10.5. The first kappa shape index (κ1) is 35.9. The highest BCUT2D eigenvalue weighted by atomic mass is 16.6. The lowest BCUT2D eigenvalue weighted by atomic mass is 10.0. The zero-order valence-electron chi connectivity index (χ0n) is 26.8. The van der Waals surface area contributed by atoms with Gasteiger partial charge in [0.1, 0.15) is 11.4 Å². The highest BCUT2D eigenvalue weighted by Crippen LogP contribution is 2.25. The summed E-state index contributed by atoms with van der Waals surface area (Å²) in [6.45, 7) is 3.73. The SMILES string of the molecule is O=Cc1cccc(C(=O)NCCOCCOCCOCCOCCC(=O)NCCC(=O)N2Cc3ccccc3C#Cc3ccccc32)n1. The molecule has 2 N–H and O–H groups in total. The summed E-state index contributed by atoms with van der Waals surface area (Å²) >= 11 is 0. The number of carbonyl (C=O) groups excluding carboxylic acids is 4. The molecule has 1 aliphatic heterocycles. The summed E-state index contributed by atoms with van der Waals surface area (Å²) in [5.41, 5.74) is 3.81. The fourth-order valence-corrected chi connectivity index (χ4v) is 4.64. The van der Waals surface area contributed by atoms with Gasteiger partial charge in [-0.1, -0.05) is 48.2 Å². The molecule has 3 amide bonds. The Morgan fingerprint density at radius 1 is 0.708 bits per heavy atom. The molecule has 0 bridgehead atoms. The Balaban J connectivity index is 0.969. The van der Waals surface area contributed by atoms with Gasteiger partial charge in [0.25, 0.3) is 5.91 Å². The van der Waals surface area contributed by atoms with Gasteiger partial charge in [-0.3, -0.25) is 19.2 Å². The first-order chi connectivity index (χ1) is 23.5. The van der Waals surface area contributed by atoms with Crippen LogP contribution in [0.5, 0.6) is 0 Å². The summed E-state index contributed by atoms with van der Waals surface area (Å²) in [6, 6.07) is 20.0. The van der Waals surface area contributed by atoms with E-state index in [4.69, 9.17) is 18.9 Å². The van der Waals surface area contributed by atoms with Gasteiger partial charge in [-0.05, 0) is 35.9 Å². The third-order valence-electron chi connectivity index (χ3n) is 7.08. The number of aromatic nitrogens is 1. The lowest BCUT2D eigenvalue weighted by Crippen LogP contribution is -2.35. The van der Waals surface area contributed by atoms with Crippen molar-refractivity contribution in [2.45, 2.75) is 19.4 Å². The number of fused-ring (bicyclic) bond motifs is 2. The number of pyridine rings is 1. The normalized spacial score (nSPS) is 11.6. The van der Waals surface area contributed by atoms with Crippen LogP contribution in [0.3, 0.4) is 0 Å². The van der Waals surface area contributed by atoms with E-state index in [-0.39, 0.29) is 55.1 Å². The molecule has 0 spiro atoms. The maximum atomic E-state index is 13.2. The second kappa shape index (κ2) is 20.3. The van der Waals surface area contributed by atoms with Gasteiger partial charge in [-0.15, -0.1) is 0 Å². The average molecular weight is 657 g/mol. The molecule has 3 aromatic rings. The molecule has 0 unspecified atom stereocenters. The van der Waals surface area contributed by atoms with Gasteiger partial charge >= 0.3 is 0 Å². The van der Waals surface area contributed by atoms with Crippen LogP contribution >= 0.6 is 0 Å². The van der Waals surface area contributed by atoms with E-state index in [1.54, 1.807) is 11.0 Å². The van der Waals surface area contributed by atoms with Crippen molar-refractivity contribution in [3.05, 3.63) is 94.8 Å². The quantitative estimate of drug-likeness (QED) is 0.106. The summed E-state index contributed by atoms with van der Waals surface area (Å²) in [4.78, 5) is 54.0. The number of aldehydes is 1. The molecule has 1 aromatic heterocycles. The first-order valence-electron chi connectivity index (χ1n) is 15.8. The minimum atomic E-state index is -0.374. The summed E-state index contributed by atoms with van der Waals surface area (Å²) in [6.07, 6.45) is 0.930. The molecule has 1 aliphatic rings. The zero-order chi connectivity index (χ0) is 33.8. The highest BCUT2D eigenvalue weighted by molar-refractivity contribution is 5.95. The van der Waals surface area contributed by atoms with Crippen LogP contribution in [0.25, 0.3) is 0 Å². The number of nitrogens with one attached hydrogen (secondary N) is 2. The van der Waals surface area contributed by atoms with Gasteiger partial charge in [-0.2, -0.15) is 0 Å². The largest absolute Gasteiger partial charge is 0.379 e. The molecule has 0 atom stereocenters. The van der Waals surface area contributed by atoms with Crippen LogP contribution in [0, 0.1) is 11.8 Å². The van der Waals surface area contributed by atoms with Crippen LogP contribution in [0.15, 0.2) is 66.7 Å². The number of rotatable bonds is 20. The molecule has 0 saturated heterocycles. The maximum Gasteiger partial charge on any atom is 0.269 e. The number of ether oxygens (including phenoxy) is 4. The van der Waals surface area contributed by atoms with Gasteiger partial charge in [0, 0.05) is 37.1 Å². The first-order valence-corrected chi connectivity index (χ1v) is 15.8. The van der Waals surface area contributed by atoms with Crippen LogP contribution in [0.2, 0.25) is 0 Å². The molecule has 0 radical (unpaired) electrons. The third-order valence-corrected chi connectivity index (χ3v) is 7.08. The number of para-hydroxylation sites is 1. The molecule has 2 aromatic carbocycles. The molecule has 0 aliphatic carbocycles. The minimum Gasteiger partial charge on any atom is -0.379 e. The van der Waals surface area contributed by atoms with Gasteiger partial charge < -0.3 is 34.5 Å². The van der Waals surface area contributed by atoms with Crippen molar-refractivity contribution in [2.75, 3.05) is 70.8 Å². The number of benzene rings is 2. The van der Waals surface area contributed by atoms with E-state index < -0.39 is 0 Å². The maximum absolute atomic E-state index is 13.2. The van der Waals surface area contributed by atoms with E-state index in [0.717, 1.165) is 22.4 Å². The zero-order valence-corrected chi connectivity index (χ0v) is 26.8. The Labute approximate surface area is 280 Å². The van der Waals surface area contributed by atoms with Crippen molar-refractivity contribution in [2.24, 2.45) is 0 Å². The van der Waals surface area contributed by atoms with Crippen molar-refractivity contribution in [1.29, 1.82) is 0 Å². The van der Waals surface area contributed by atoms with Crippen LogP contribution in [0.1, 0.15) is 50.5 Å². The smallest absolute Gasteiger partial charge is 0.269 e. The van der Waals surface area contributed by atoms with Crippen molar-refractivity contribution >= 4 is 29.7 Å². The Morgan fingerprint density at radius 3 is 2.10 bits per heavy atom. The number of nitrogens with zero attached hydrogens (tertiary/aromatic N) is 2. The van der Waals surface area contributed by atoms with Crippen LogP contribution in [-0.4, -0.2) is 94.9 Å². The van der Waals surface area contributed by atoms with Crippen molar-refractivity contribution in [3.63, 3.8) is 0 Å². The van der Waals surface area contributed by atoms with E-state index in [1.165, 1.54) is 12.1 Å². The second-order valence-corrected chi connectivity index (χ2v) is 10.5. The van der Waals surface area contributed by atoms with Crippen LogP contribution in [-0.2, 0) is 35.1 Å². The van der Waals surface area contributed by atoms with Crippen molar-refractivity contribution in [3.8, 4) is 11.8 Å². The average Bonchev–Trinajstić information content (AvgIpc) is 3.10. The van der Waals surface area contributed by atoms with E-state index >= 15 is 0 Å². The molecule has 2 heterocycles. The molecular formula is C36H40N4O8. The number of hydrogen-bond donors (Lipinski definition) is 2. The molecule has 4 rings (SSSR count). The summed E-state index contributed by atoms with van der Waals surface area (Å²) in [7, 11) is 0. The molecule has 0 fully saturated rings. The number of hydrogen-bond acceptors (Lipinski definition) is 9. The molecule has 48 heavy (non-hydrogen) atoms. The standard InChI is InChI=1S/C36H40N4O8/c41-27-31-9-5-10-32(39-31)36(44)38-17-19-46-21-23-48-25-24-47-22-20-45-18-15-34(42)37-16-14-35(43)40-26-30-8-2-1-6-28(30)12-13-29-7-3-4-11-33(29)40/h1-11,27H,14-26H2,(H,37,42)(H,38,44). The van der Waals surface area contributed by atoms with Crippen LogP contribution < -0.4 is 15.5 Å². The lowest BCUT2D eigenvalue weighted by Gasteiger charge is -2.26. The molecule has 12 heteroatoms. The minimum absolute atomic E-state index is 0.0924. The predicted molar refractivity (Wildman–Crippen MR) is 178 cm³/mol. The van der Waals surface area contributed by atoms with E-state index in [9.17, 15) is 19.2 Å². The number of carbonyl (C=O) groups is 4. The van der Waals surface area contributed by atoms with Gasteiger partial charge in [0.15, 0.2) is 6.29 Å². The van der Waals surface area contributed by atoms with Gasteiger partial charge in [0.2, 0.25) is 11.8 Å². The Kier molecular flexibility index (Phi) is 15.2. The molecule has 12 nitrogen and oxygen atoms in total. The number of amides is 3.